The fourth-order valence-corrected chi connectivity index (χ4v) is 2.92. The van der Waals surface area contributed by atoms with Crippen LogP contribution in [0.3, 0.4) is 0 Å². The Labute approximate surface area is 142 Å². The maximum absolute atomic E-state index is 11.9. The molecular formula is C19H23N3O2. The minimum absolute atomic E-state index is 0.278. The lowest BCUT2D eigenvalue weighted by atomic mass is 10.1. The highest BCUT2D eigenvalue weighted by molar-refractivity contribution is 5.85. The van der Waals surface area contributed by atoms with Crippen molar-refractivity contribution in [2.24, 2.45) is 0 Å². The number of nitrogens with one attached hydrogen (secondary N) is 2. The minimum atomic E-state index is -0.500. The molecule has 1 aromatic heterocycles. The molecule has 1 heterocycles. The average molecular weight is 325 g/mol. The summed E-state index contributed by atoms with van der Waals surface area (Å²) in [6, 6.07) is 10.2. The number of aromatic nitrogens is 1. The van der Waals surface area contributed by atoms with Gasteiger partial charge in [0.25, 0.3) is 0 Å². The Morgan fingerprint density at radius 1 is 1.25 bits per heavy atom. The van der Waals surface area contributed by atoms with Crippen LogP contribution >= 0.6 is 0 Å². The quantitative estimate of drug-likeness (QED) is 0.870. The molecule has 3 rings (SSSR count). The van der Waals surface area contributed by atoms with Gasteiger partial charge < -0.3 is 10.1 Å². The highest BCUT2D eigenvalue weighted by atomic mass is 16.6. The van der Waals surface area contributed by atoms with E-state index in [4.69, 9.17) is 4.74 Å². The molecule has 0 spiro atoms. The molecule has 0 saturated carbocycles. The van der Waals surface area contributed by atoms with Gasteiger partial charge in [-0.05, 0) is 69.0 Å². The van der Waals surface area contributed by atoms with E-state index >= 15 is 0 Å². The van der Waals surface area contributed by atoms with Crippen LogP contribution in [0.15, 0.2) is 42.7 Å². The van der Waals surface area contributed by atoms with E-state index in [0.29, 0.717) is 0 Å². The number of pyridine rings is 1. The number of carbonyl (C=O) groups excluding carboxylic acids is 1. The first kappa shape index (κ1) is 16.3. The largest absolute Gasteiger partial charge is 0.444 e. The lowest BCUT2D eigenvalue weighted by Gasteiger charge is -2.20. The van der Waals surface area contributed by atoms with Crippen LogP contribution in [0.4, 0.5) is 16.2 Å². The first-order valence-corrected chi connectivity index (χ1v) is 8.20. The van der Waals surface area contributed by atoms with E-state index < -0.39 is 11.7 Å². The molecule has 1 atom stereocenters. The summed E-state index contributed by atoms with van der Waals surface area (Å²) in [6.45, 7) is 5.55. The van der Waals surface area contributed by atoms with Crippen molar-refractivity contribution in [2.75, 3.05) is 10.6 Å². The molecule has 0 saturated heterocycles. The van der Waals surface area contributed by atoms with E-state index in [-0.39, 0.29) is 6.04 Å². The number of ether oxygens (including phenoxy) is 1. The number of rotatable bonds is 3. The topological polar surface area (TPSA) is 63.2 Å². The molecule has 5 nitrogen and oxygen atoms in total. The zero-order chi connectivity index (χ0) is 17.2. The third-order valence-corrected chi connectivity index (χ3v) is 3.87. The van der Waals surface area contributed by atoms with E-state index in [1.165, 1.54) is 11.1 Å². The summed E-state index contributed by atoms with van der Waals surface area (Å²) in [4.78, 5) is 16.0. The van der Waals surface area contributed by atoms with Gasteiger partial charge in [-0.25, -0.2) is 4.79 Å². The van der Waals surface area contributed by atoms with E-state index in [9.17, 15) is 4.79 Å². The first-order valence-electron chi connectivity index (χ1n) is 8.20. The van der Waals surface area contributed by atoms with Crippen LogP contribution in [0.1, 0.15) is 44.4 Å². The summed E-state index contributed by atoms with van der Waals surface area (Å²) in [5.74, 6) is 0. The van der Waals surface area contributed by atoms with Crippen LogP contribution in [0.2, 0.25) is 0 Å². The van der Waals surface area contributed by atoms with Gasteiger partial charge in [-0.15, -0.1) is 0 Å². The van der Waals surface area contributed by atoms with Crippen molar-refractivity contribution >= 4 is 17.5 Å². The van der Waals surface area contributed by atoms with Crippen LogP contribution in [-0.4, -0.2) is 16.7 Å². The number of hydrogen-bond acceptors (Lipinski definition) is 4. The number of aryl methyl sites for hydroxylation is 1. The minimum Gasteiger partial charge on any atom is -0.444 e. The second-order valence-corrected chi connectivity index (χ2v) is 7.02. The molecule has 2 N–H and O–H groups in total. The Kier molecular flexibility index (Phi) is 4.42. The van der Waals surface area contributed by atoms with Crippen molar-refractivity contribution in [1.82, 2.24) is 4.98 Å². The molecule has 1 aliphatic carbocycles. The Morgan fingerprint density at radius 2 is 2.08 bits per heavy atom. The summed E-state index contributed by atoms with van der Waals surface area (Å²) in [5.41, 5.74) is 3.81. The maximum atomic E-state index is 11.9. The van der Waals surface area contributed by atoms with Crippen molar-refractivity contribution < 1.29 is 9.53 Å². The molecule has 1 unspecified atom stereocenters. The van der Waals surface area contributed by atoms with Crippen LogP contribution in [0.25, 0.3) is 0 Å². The number of carbonyl (C=O) groups is 1. The number of benzene rings is 1. The fourth-order valence-electron chi connectivity index (χ4n) is 2.92. The lowest BCUT2D eigenvalue weighted by molar-refractivity contribution is 0.0636. The highest BCUT2D eigenvalue weighted by Crippen LogP contribution is 2.35. The molecule has 24 heavy (non-hydrogen) atoms. The van der Waals surface area contributed by atoms with Gasteiger partial charge in [-0.1, -0.05) is 6.07 Å². The Bertz CT molecular complexity index is 723. The van der Waals surface area contributed by atoms with Crippen LogP contribution in [-0.2, 0) is 11.2 Å². The Morgan fingerprint density at radius 3 is 2.79 bits per heavy atom. The van der Waals surface area contributed by atoms with Gasteiger partial charge in [0.2, 0.25) is 0 Å². The van der Waals surface area contributed by atoms with Gasteiger partial charge in [0, 0.05) is 18.1 Å². The molecule has 1 amide bonds. The van der Waals surface area contributed by atoms with Gasteiger partial charge in [-0.2, -0.15) is 0 Å². The predicted octanol–water partition coefficient (Wildman–Crippen LogP) is 4.53. The molecule has 0 fully saturated rings. The predicted molar refractivity (Wildman–Crippen MR) is 95.2 cm³/mol. The Hall–Kier alpha value is -2.56. The number of hydrogen-bond donors (Lipinski definition) is 2. The van der Waals surface area contributed by atoms with E-state index in [2.05, 4.69) is 21.7 Å². The van der Waals surface area contributed by atoms with Gasteiger partial charge >= 0.3 is 6.09 Å². The summed E-state index contributed by atoms with van der Waals surface area (Å²) >= 11 is 0. The van der Waals surface area contributed by atoms with Gasteiger partial charge in [0.05, 0.1) is 11.7 Å². The van der Waals surface area contributed by atoms with Crippen molar-refractivity contribution in [3.8, 4) is 0 Å². The van der Waals surface area contributed by atoms with Gasteiger partial charge in [-0.3, -0.25) is 10.3 Å². The monoisotopic (exact) mass is 325 g/mol. The van der Waals surface area contributed by atoms with E-state index in [1.807, 2.05) is 51.2 Å². The molecule has 2 aromatic rings. The van der Waals surface area contributed by atoms with Crippen molar-refractivity contribution in [3.05, 3.63) is 53.9 Å². The fraction of sp³-hybridized carbons (Fsp3) is 0.368. The summed E-state index contributed by atoms with van der Waals surface area (Å²) < 4.78 is 5.29. The standard InChI is InChI=1S/C19H23N3O2/c1-19(2,3)24-18(23)22-14-7-8-16-13(11-14)6-9-17(16)21-15-5-4-10-20-12-15/h4-5,7-8,10-12,17,21H,6,9H2,1-3H3,(H,22,23). The summed E-state index contributed by atoms with van der Waals surface area (Å²) in [7, 11) is 0. The molecule has 126 valence electrons. The molecule has 1 aromatic carbocycles. The molecular weight excluding hydrogens is 302 g/mol. The molecule has 0 radical (unpaired) electrons. The molecule has 1 aliphatic rings. The van der Waals surface area contributed by atoms with Crippen LogP contribution < -0.4 is 10.6 Å². The van der Waals surface area contributed by atoms with Crippen LogP contribution in [0.5, 0.6) is 0 Å². The average Bonchev–Trinajstić information content (AvgIpc) is 2.89. The zero-order valence-corrected chi connectivity index (χ0v) is 14.3. The van der Waals surface area contributed by atoms with Crippen LogP contribution in [0, 0.1) is 0 Å². The second kappa shape index (κ2) is 6.51. The zero-order valence-electron chi connectivity index (χ0n) is 14.3. The lowest BCUT2D eigenvalue weighted by Crippen LogP contribution is -2.27. The van der Waals surface area contributed by atoms with Crippen molar-refractivity contribution in [3.63, 3.8) is 0 Å². The Balaban J connectivity index is 1.68. The highest BCUT2D eigenvalue weighted by Gasteiger charge is 2.23. The molecule has 0 bridgehead atoms. The number of amides is 1. The van der Waals surface area contributed by atoms with Gasteiger partial charge in [0.15, 0.2) is 0 Å². The summed E-state index contributed by atoms with van der Waals surface area (Å²) in [5, 5.41) is 6.31. The van der Waals surface area contributed by atoms with E-state index in [1.54, 1.807) is 6.20 Å². The third kappa shape index (κ3) is 4.04. The number of nitrogens with zero attached hydrogens (tertiary/aromatic N) is 1. The SMILES string of the molecule is CC(C)(C)OC(=O)Nc1ccc2c(c1)CCC2Nc1cccnc1. The van der Waals surface area contributed by atoms with Crippen molar-refractivity contribution in [2.45, 2.75) is 45.3 Å². The molecule has 0 aliphatic heterocycles. The first-order chi connectivity index (χ1) is 11.4. The van der Waals surface area contributed by atoms with E-state index in [0.717, 1.165) is 24.2 Å². The smallest absolute Gasteiger partial charge is 0.412 e. The normalized spacial score (nSPS) is 16.4. The molecule has 5 heteroatoms. The van der Waals surface area contributed by atoms with Gasteiger partial charge in [0.1, 0.15) is 5.60 Å². The van der Waals surface area contributed by atoms with Crippen molar-refractivity contribution in [1.29, 1.82) is 0 Å². The second-order valence-electron chi connectivity index (χ2n) is 7.02. The third-order valence-electron chi connectivity index (χ3n) is 3.87. The summed E-state index contributed by atoms with van der Waals surface area (Å²) in [6.07, 6.45) is 5.18. The number of anilines is 2. The maximum Gasteiger partial charge on any atom is 0.412 e. The number of fused-ring (bicyclic) bond motifs is 1.